The van der Waals surface area contributed by atoms with E-state index in [-0.39, 0.29) is 17.7 Å². The van der Waals surface area contributed by atoms with E-state index in [0.717, 1.165) is 44.5 Å². The lowest BCUT2D eigenvalue weighted by Crippen LogP contribution is -2.13. The van der Waals surface area contributed by atoms with Crippen LogP contribution in [-0.2, 0) is 32.5 Å². The molecule has 3 aromatic carbocycles. The van der Waals surface area contributed by atoms with Crippen molar-refractivity contribution in [3.63, 3.8) is 0 Å². The highest BCUT2D eigenvalue weighted by atomic mass is 35.5. The van der Waals surface area contributed by atoms with Crippen LogP contribution in [0.3, 0.4) is 0 Å². The summed E-state index contributed by atoms with van der Waals surface area (Å²) in [6, 6.07) is 24.6. The van der Waals surface area contributed by atoms with Gasteiger partial charge in [-0.15, -0.1) is 11.3 Å². The Morgan fingerprint density at radius 1 is 0.750 bits per heavy atom. The lowest BCUT2D eigenvalue weighted by Gasteiger charge is -2.18. The van der Waals surface area contributed by atoms with Gasteiger partial charge in [0.25, 0.3) is 0 Å². The highest BCUT2D eigenvalue weighted by Crippen LogP contribution is 2.37. The number of thiophene rings is 1. The van der Waals surface area contributed by atoms with Gasteiger partial charge in [0.05, 0.1) is 46.1 Å². The van der Waals surface area contributed by atoms with Crippen molar-refractivity contribution in [1.82, 2.24) is 9.13 Å². The number of nitrogens with zero attached hydrogens (tertiary/aromatic N) is 2. The third-order valence-electron chi connectivity index (χ3n) is 8.83. The topological polar surface area (TPSA) is 197 Å². The molecule has 0 spiro atoms. The van der Waals surface area contributed by atoms with Crippen molar-refractivity contribution in [1.29, 1.82) is 0 Å². The van der Waals surface area contributed by atoms with E-state index in [1.54, 1.807) is 44.4 Å². The van der Waals surface area contributed by atoms with Crippen molar-refractivity contribution in [2.75, 3.05) is 7.11 Å². The van der Waals surface area contributed by atoms with E-state index < -0.39 is 27.9 Å². The molecule has 0 aliphatic rings. The summed E-state index contributed by atoms with van der Waals surface area (Å²) in [5, 5.41) is 26.5. The van der Waals surface area contributed by atoms with Crippen LogP contribution in [0.25, 0.3) is 33.2 Å². The summed E-state index contributed by atoms with van der Waals surface area (Å²) in [6.45, 7) is 3.67. The summed E-state index contributed by atoms with van der Waals surface area (Å²) >= 11 is 13.7. The molecule has 0 bridgehead atoms. The van der Waals surface area contributed by atoms with E-state index in [4.69, 9.17) is 49.0 Å². The number of ether oxygens (including phenoxy) is 1. The summed E-state index contributed by atoms with van der Waals surface area (Å²) in [5.74, 6) is -1.68. The van der Waals surface area contributed by atoms with Crippen molar-refractivity contribution in [2.45, 2.75) is 44.4 Å². The Morgan fingerprint density at radius 3 is 1.82 bits per heavy atom. The average Bonchev–Trinajstić information content (AvgIpc) is 3.87. The molecule has 0 aliphatic heterocycles. The molecule has 0 atom stereocenters. The predicted octanol–water partition coefficient (Wildman–Crippen LogP) is 8.06. The molecule has 292 valence electrons. The van der Waals surface area contributed by atoms with Crippen LogP contribution in [0.1, 0.15) is 45.7 Å². The zero-order valence-electron chi connectivity index (χ0n) is 30.5. The largest absolute Gasteiger partial charge is 0.496 e. The van der Waals surface area contributed by atoms with Gasteiger partial charge in [-0.3, -0.25) is 14.4 Å². The number of primary amides is 1. The number of aryl methyl sites for hydroxylation is 4. The SMILES string of the molecule is COc1cc(Cl)ccc1-c1ccc(CCC(=O)O)n1-c1ccc(S(N)(=O)=O)cc1C.Cc1cc(C(N)=O)ccc1-n1c(CCC(=O)O)ccc1-c1cc(Cl)cs1. The van der Waals surface area contributed by atoms with Gasteiger partial charge in [-0.25, -0.2) is 13.6 Å². The van der Waals surface area contributed by atoms with Gasteiger partial charge < -0.3 is 29.8 Å². The smallest absolute Gasteiger partial charge is 0.303 e. The number of methoxy groups -OCH3 is 1. The number of nitrogens with two attached hydrogens (primary N) is 2. The van der Waals surface area contributed by atoms with E-state index in [1.165, 1.54) is 23.5 Å². The van der Waals surface area contributed by atoms with Crippen LogP contribution in [0.15, 0.2) is 95.2 Å². The highest BCUT2D eigenvalue weighted by Gasteiger charge is 2.20. The van der Waals surface area contributed by atoms with Crippen LogP contribution in [0.2, 0.25) is 10.0 Å². The van der Waals surface area contributed by atoms with Gasteiger partial charge in [0.2, 0.25) is 15.9 Å². The van der Waals surface area contributed by atoms with E-state index >= 15 is 0 Å². The lowest BCUT2D eigenvalue weighted by atomic mass is 10.1. The van der Waals surface area contributed by atoms with Gasteiger partial charge in [0.15, 0.2) is 0 Å². The summed E-state index contributed by atoms with van der Waals surface area (Å²) < 4.78 is 32.8. The zero-order chi connectivity index (χ0) is 40.9. The number of carboxylic acid groups (broad SMARTS) is 2. The molecule has 6 rings (SSSR count). The number of benzene rings is 3. The fraction of sp³-hybridized carbons (Fsp3) is 0.175. The average molecular weight is 838 g/mol. The second-order valence-electron chi connectivity index (χ2n) is 12.7. The minimum atomic E-state index is -3.84. The van der Waals surface area contributed by atoms with Gasteiger partial charge in [-0.2, -0.15) is 0 Å². The second-order valence-corrected chi connectivity index (χ2v) is 16.1. The van der Waals surface area contributed by atoms with Crippen molar-refractivity contribution in [3.05, 3.63) is 128 Å². The molecule has 0 fully saturated rings. The van der Waals surface area contributed by atoms with Gasteiger partial charge in [0.1, 0.15) is 5.75 Å². The summed E-state index contributed by atoms with van der Waals surface area (Å²) in [7, 11) is -2.30. The first-order valence-electron chi connectivity index (χ1n) is 17.0. The maximum Gasteiger partial charge on any atom is 0.303 e. The molecule has 0 saturated carbocycles. The Labute approximate surface area is 337 Å². The Balaban J connectivity index is 0.000000216. The highest BCUT2D eigenvalue weighted by molar-refractivity contribution is 7.89. The summed E-state index contributed by atoms with van der Waals surface area (Å²) in [5.41, 5.74) is 13.0. The fourth-order valence-electron chi connectivity index (χ4n) is 6.23. The first kappa shape index (κ1) is 41.8. The van der Waals surface area contributed by atoms with Crippen molar-refractivity contribution >= 4 is 62.4 Å². The Hall–Kier alpha value is -5.38. The molecule has 56 heavy (non-hydrogen) atoms. The summed E-state index contributed by atoms with van der Waals surface area (Å²) in [4.78, 5) is 34.6. The Kier molecular flexibility index (Phi) is 13.1. The number of hydrogen-bond donors (Lipinski definition) is 4. The van der Waals surface area contributed by atoms with Crippen LogP contribution in [0.5, 0.6) is 5.75 Å². The van der Waals surface area contributed by atoms with Crippen molar-refractivity contribution in [3.8, 4) is 39.0 Å². The normalized spacial score (nSPS) is 11.2. The molecule has 0 unspecified atom stereocenters. The molecule has 6 N–H and O–H groups in total. The molecule has 0 aliphatic carbocycles. The third-order valence-corrected chi connectivity index (χ3v) is 11.3. The first-order valence-corrected chi connectivity index (χ1v) is 20.1. The lowest BCUT2D eigenvalue weighted by molar-refractivity contribution is -0.138. The molecular formula is C40H38Cl2N4O8S2. The quantitative estimate of drug-likeness (QED) is 0.0896. The number of sulfonamides is 1. The van der Waals surface area contributed by atoms with Crippen LogP contribution < -0.4 is 15.6 Å². The van der Waals surface area contributed by atoms with E-state index in [2.05, 4.69) is 0 Å². The Morgan fingerprint density at radius 2 is 1.32 bits per heavy atom. The van der Waals surface area contributed by atoms with Gasteiger partial charge >= 0.3 is 11.9 Å². The molecule has 12 nitrogen and oxygen atoms in total. The number of carbonyl (C=O) groups excluding carboxylic acids is 1. The first-order chi connectivity index (χ1) is 26.5. The van der Waals surface area contributed by atoms with Gasteiger partial charge in [0, 0.05) is 44.3 Å². The standard InChI is InChI=1S/C21H21ClN2O5S.C19H17ClN2O3S/c1-13-11-16(30(23,27)28)6-9-18(13)24-15(5-10-21(25)26)4-8-19(24)17-7-3-14(22)12-20(17)29-2;1-11-8-12(19(21)25)2-5-15(11)22-14(4-7-18(23)24)3-6-16(22)17-9-13(20)10-26-17/h3-4,6-9,11-12H,5,10H2,1-2H3,(H,25,26)(H2,23,27,28);2-3,5-6,8-10H,4,7H2,1H3,(H2,21,25)(H,23,24). The van der Waals surface area contributed by atoms with E-state index in [1.807, 2.05) is 63.9 Å². The molecular weight excluding hydrogens is 799 g/mol. The zero-order valence-corrected chi connectivity index (χ0v) is 33.6. The number of carboxylic acids is 2. The number of halogens is 2. The Bertz CT molecular complexity index is 2560. The molecule has 6 aromatic rings. The third kappa shape index (κ3) is 9.70. The van der Waals surface area contributed by atoms with Crippen LogP contribution in [0, 0.1) is 13.8 Å². The number of aliphatic carboxylic acids is 2. The molecule has 3 aromatic heterocycles. The predicted molar refractivity (Wildman–Crippen MR) is 218 cm³/mol. The van der Waals surface area contributed by atoms with Crippen LogP contribution in [-0.4, -0.2) is 52.7 Å². The number of amides is 1. The van der Waals surface area contributed by atoms with Gasteiger partial charge in [-0.05, 0) is 123 Å². The summed E-state index contributed by atoms with van der Waals surface area (Å²) in [6.07, 6.45) is 0.676. The number of hydrogen-bond acceptors (Lipinski definition) is 7. The van der Waals surface area contributed by atoms with E-state index in [9.17, 15) is 22.8 Å². The number of carbonyl (C=O) groups is 3. The maximum absolute atomic E-state index is 11.7. The molecule has 0 radical (unpaired) electrons. The minimum absolute atomic E-state index is 0.00798. The van der Waals surface area contributed by atoms with Crippen LogP contribution in [0.4, 0.5) is 0 Å². The molecule has 16 heteroatoms. The monoisotopic (exact) mass is 836 g/mol. The molecule has 1 amide bonds. The van der Waals surface area contributed by atoms with E-state index in [0.29, 0.717) is 45.5 Å². The second kappa shape index (κ2) is 17.6. The van der Waals surface area contributed by atoms with Gasteiger partial charge in [-0.1, -0.05) is 23.2 Å². The number of aromatic nitrogens is 2. The maximum atomic E-state index is 11.7. The molecule has 3 heterocycles. The minimum Gasteiger partial charge on any atom is -0.496 e. The molecule has 0 saturated heterocycles. The van der Waals surface area contributed by atoms with Crippen molar-refractivity contribution < 1.29 is 37.8 Å². The number of primary sulfonamides is 1. The van der Waals surface area contributed by atoms with Crippen LogP contribution >= 0.6 is 34.5 Å². The number of rotatable bonds is 13. The van der Waals surface area contributed by atoms with Crippen molar-refractivity contribution in [2.24, 2.45) is 10.9 Å². The fourth-order valence-corrected chi connectivity index (χ4v) is 8.08.